The molecule has 3 aromatic rings. The molecule has 5 nitrogen and oxygen atoms in total. The number of halogens is 2. The molecule has 21 heavy (non-hydrogen) atoms. The first-order valence-corrected chi connectivity index (χ1v) is 7.34. The highest BCUT2D eigenvalue weighted by Crippen LogP contribution is 2.17. The van der Waals surface area contributed by atoms with Crippen molar-refractivity contribution in [3.05, 3.63) is 74.1 Å². The summed E-state index contributed by atoms with van der Waals surface area (Å²) in [6.45, 7) is 0.358. The molecule has 106 valence electrons. The summed E-state index contributed by atoms with van der Waals surface area (Å²) in [5.74, 6) is 0. The molecule has 3 rings (SSSR count). The highest BCUT2D eigenvalue weighted by molar-refractivity contribution is 9.10. The lowest BCUT2D eigenvalue weighted by Crippen LogP contribution is -2.24. The summed E-state index contributed by atoms with van der Waals surface area (Å²) in [6.07, 6.45) is 0. The van der Waals surface area contributed by atoms with Gasteiger partial charge in [0.05, 0.1) is 17.3 Å². The Balaban J connectivity index is 1.95. The Morgan fingerprint density at radius 1 is 1.05 bits per heavy atom. The third kappa shape index (κ3) is 2.91. The first-order valence-electron chi connectivity index (χ1n) is 6.17. The van der Waals surface area contributed by atoms with Crippen LogP contribution in [0.25, 0.3) is 5.69 Å². The molecule has 0 amide bonds. The van der Waals surface area contributed by atoms with E-state index in [1.165, 1.54) is 9.36 Å². The third-order valence-electron chi connectivity index (χ3n) is 2.97. The van der Waals surface area contributed by atoms with Crippen molar-refractivity contribution >= 4 is 27.5 Å². The zero-order valence-corrected chi connectivity index (χ0v) is 13.1. The molecule has 1 heterocycles. The second-order valence-electron chi connectivity index (χ2n) is 4.41. The van der Waals surface area contributed by atoms with Crippen molar-refractivity contribution in [2.45, 2.75) is 6.54 Å². The van der Waals surface area contributed by atoms with Gasteiger partial charge in [-0.1, -0.05) is 51.8 Å². The minimum atomic E-state index is -0.328. The molecule has 0 fully saturated rings. The molecule has 0 radical (unpaired) electrons. The van der Waals surface area contributed by atoms with Crippen molar-refractivity contribution in [2.24, 2.45) is 0 Å². The van der Waals surface area contributed by atoms with Crippen molar-refractivity contribution < 1.29 is 0 Å². The number of tetrazole rings is 1. The lowest BCUT2D eigenvalue weighted by Gasteiger charge is -2.01. The summed E-state index contributed by atoms with van der Waals surface area (Å²) in [6, 6.07) is 14.7. The number of hydrogen-bond donors (Lipinski definition) is 0. The monoisotopic (exact) mass is 364 g/mol. The van der Waals surface area contributed by atoms with Gasteiger partial charge < -0.3 is 0 Å². The van der Waals surface area contributed by atoms with E-state index in [9.17, 15) is 4.79 Å². The molecule has 0 N–H and O–H groups in total. The second kappa shape index (κ2) is 5.83. The molecule has 0 aliphatic carbocycles. The number of aromatic nitrogens is 4. The Morgan fingerprint density at radius 2 is 1.76 bits per heavy atom. The molecule has 0 atom stereocenters. The average Bonchev–Trinajstić information content (AvgIpc) is 2.83. The van der Waals surface area contributed by atoms with Gasteiger partial charge in [-0.25, -0.2) is 4.79 Å². The predicted molar refractivity (Wildman–Crippen MR) is 83.9 cm³/mol. The summed E-state index contributed by atoms with van der Waals surface area (Å²) in [5, 5.41) is 8.24. The predicted octanol–water partition coefficient (Wildman–Crippen LogP) is 2.89. The fraction of sp³-hybridized carbons (Fsp3) is 0.0714. The van der Waals surface area contributed by atoms with Crippen molar-refractivity contribution in [1.29, 1.82) is 0 Å². The molecule has 1 aromatic heterocycles. The van der Waals surface area contributed by atoms with Crippen LogP contribution in [0.1, 0.15) is 5.56 Å². The Labute approximate surface area is 133 Å². The highest BCUT2D eigenvalue weighted by Gasteiger charge is 2.11. The van der Waals surface area contributed by atoms with Gasteiger partial charge in [0.2, 0.25) is 0 Å². The minimum absolute atomic E-state index is 0.328. The molecule has 2 aromatic carbocycles. The number of rotatable bonds is 3. The van der Waals surface area contributed by atoms with Gasteiger partial charge in [-0.15, -0.1) is 0 Å². The maximum Gasteiger partial charge on any atom is 0.368 e. The summed E-state index contributed by atoms with van der Waals surface area (Å²) in [5.41, 5.74) is 1.16. The van der Waals surface area contributed by atoms with Gasteiger partial charge >= 0.3 is 5.69 Å². The van der Waals surface area contributed by atoms with Crippen molar-refractivity contribution in [1.82, 2.24) is 19.8 Å². The molecular formula is C14H10BrClN4O. The van der Waals surface area contributed by atoms with E-state index in [1.807, 2.05) is 24.3 Å². The quantitative estimate of drug-likeness (QED) is 0.717. The number of hydrogen-bond acceptors (Lipinski definition) is 3. The van der Waals surface area contributed by atoms with Crippen LogP contribution >= 0.6 is 27.5 Å². The van der Waals surface area contributed by atoms with Gasteiger partial charge in [0.25, 0.3) is 0 Å². The van der Waals surface area contributed by atoms with Crippen molar-refractivity contribution in [3.63, 3.8) is 0 Å². The van der Waals surface area contributed by atoms with Gasteiger partial charge in [0.15, 0.2) is 0 Å². The zero-order chi connectivity index (χ0) is 14.8. The summed E-state index contributed by atoms with van der Waals surface area (Å²) in [7, 11) is 0. The summed E-state index contributed by atoms with van der Waals surface area (Å²) >= 11 is 9.45. The number of nitrogens with zero attached hydrogens (tertiary/aromatic N) is 4. The molecule has 0 spiro atoms. The van der Waals surface area contributed by atoms with E-state index in [0.29, 0.717) is 17.3 Å². The Bertz CT molecular complexity index is 825. The van der Waals surface area contributed by atoms with Crippen LogP contribution in [0, 0.1) is 0 Å². The Kier molecular flexibility index (Phi) is 3.90. The summed E-state index contributed by atoms with van der Waals surface area (Å²) < 4.78 is 3.48. The zero-order valence-electron chi connectivity index (χ0n) is 10.8. The third-order valence-corrected chi connectivity index (χ3v) is 3.81. The highest BCUT2D eigenvalue weighted by atomic mass is 79.9. The van der Waals surface area contributed by atoms with Gasteiger partial charge in [-0.05, 0) is 40.3 Å². The fourth-order valence-corrected chi connectivity index (χ4v) is 2.39. The largest absolute Gasteiger partial charge is 0.368 e. The normalized spacial score (nSPS) is 10.8. The summed E-state index contributed by atoms with van der Waals surface area (Å²) in [4.78, 5) is 12.3. The van der Waals surface area contributed by atoms with Gasteiger partial charge in [0.1, 0.15) is 0 Å². The van der Waals surface area contributed by atoms with E-state index < -0.39 is 0 Å². The van der Waals surface area contributed by atoms with Crippen molar-refractivity contribution in [2.75, 3.05) is 0 Å². The van der Waals surface area contributed by atoms with Gasteiger partial charge in [-0.2, -0.15) is 9.36 Å². The minimum Gasteiger partial charge on any atom is -0.244 e. The Morgan fingerprint density at radius 3 is 2.48 bits per heavy atom. The van der Waals surface area contributed by atoms with Gasteiger partial charge in [-0.3, -0.25) is 0 Å². The fourth-order valence-electron chi connectivity index (χ4n) is 1.91. The molecule has 0 aliphatic rings. The van der Waals surface area contributed by atoms with Crippen LogP contribution in [-0.4, -0.2) is 19.8 Å². The molecule has 0 bridgehead atoms. The van der Waals surface area contributed by atoms with Crippen LogP contribution in [0.4, 0.5) is 0 Å². The Hall–Kier alpha value is -1.92. The number of para-hydroxylation sites is 1. The second-order valence-corrected chi connectivity index (χ2v) is 5.73. The molecular weight excluding hydrogens is 356 g/mol. The van der Waals surface area contributed by atoms with Crippen LogP contribution < -0.4 is 5.69 Å². The van der Waals surface area contributed by atoms with Crippen LogP contribution in [0.15, 0.2) is 57.8 Å². The van der Waals surface area contributed by atoms with Crippen molar-refractivity contribution in [3.8, 4) is 5.69 Å². The molecule has 0 unspecified atom stereocenters. The first-order chi connectivity index (χ1) is 10.1. The standard InChI is InChI=1S/C14H10BrClN4O/c15-11-7-5-10(6-8-11)9-19-14(21)20(18-17-19)13-4-2-1-3-12(13)16/h1-8H,9H2. The average molecular weight is 366 g/mol. The van der Waals surface area contributed by atoms with E-state index in [2.05, 4.69) is 26.4 Å². The van der Waals surface area contributed by atoms with Crippen LogP contribution in [0.3, 0.4) is 0 Å². The smallest absolute Gasteiger partial charge is 0.244 e. The van der Waals surface area contributed by atoms with Crippen LogP contribution in [-0.2, 0) is 6.54 Å². The molecule has 7 heteroatoms. The van der Waals surface area contributed by atoms with Crippen LogP contribution in [0.5, 0.6) is 0 Å². The van der Waals surface area contributed by atoms with E-state index in [4.69, 9.17) is 11.6 Å². The van der Waals surface area contributed by atoms with E-state index >= 15 is 0 Å². The topological polar surface area (TPSA) is 52.7 Å². The molecule has 0 aliphatic heterocycles. The van der Waals surface area contributed by atoms with E-state index in [0.717, 1.165) is 10.0 Å². The molecule has 0 saturated heterocycles. The lowest BCUT2D eigenvalue weighted by molar-refractivity contribution is 0.632. The molecule has 0 saturated carbocycles. The van der Waals surface area contributed by atoms with E-state index in [-0.39, 0.29) is 5.69 Å². The van der Waals surface area contributed by atoms with Gasteiger partial charge in [0, 0.05) is 4.47 Å². The maximum atomic E-state index is 12.3. The maximum absolute atomic E-state index is 12.3. The lowest BCUT2D eigenvalue weighted by atomic mass is 10.2. The SMILES string of the molecule is O=c1n(Cc2ccc(Br)cc2)nnn1-c1ccccc1Cl. The number of benzene rings is 2. The van der Waals surface area contributed by atoms with Crippen LogP contribution in [0.2, 0.25) is 5.02 Å². The first kappa shape index (κ1) is 14.0. The van der Waals surface area contributed by atoms with E-state index in [1.54, 1.807) is 24.3 Å².